The van der Waals surface area contributed by atoms with E-state index in [4.69, 9.17) is 10.4 Å². The van der Waals surface area contributed by atoms with Crippen molar-refractivity contribution >= 4 is 5.97 Å². The van der Waals surface area contributed by atoms with Gasteiger partial charge in [-0.3, -0.25) is 4.79 Å². The van der Waals surface area contributed by atoms with Crippen LogP contribution in [0, 0.1) is 16.7 Å². The number of hydrogen-bond donors (Lipinski definition) is 2. The Balaban J connectivity index is 1.39. The van der Waals surface area contributed by atoms with Crippen LogP contribution in [0.15, 0.2) is 54.6 Å². The standard InChI is InChI=1S/C26H31N3O2/c27-18-21-8-6-20(7-9-21)17-26(11-14-29(15-12-26)13-10-25(30)31)19-28-24-16-23(24)22-4-2-1-3-5-22/h1-9,23-24,28H,10-17,19H2,(H,30,31)/t23-,24+/m0/s1. The van der Waals surface area contributed by atoms with Gasteiger partial charge in [0, 0.05) is 25.0 Å². The van der Waals surface area contributed by atoms with Crippen molar-refractivity contribution < 1.29 is 9.90 Å². The second-order valence-corrected chi connectivity index (χ2v) is 9.21. The summed E-state index contributed by atoms with van der Waals surface area (Å²) in [6, 6.07) is 21.5. The van der Waals surface area contributed by atoms with Gasteiger partial charge in [0.05, 0.1) is 18.1 Å². The van der Waals surface area contributed by atoms with E-state index in [9.17, 15) is 4.79 Å². The number of carboxylic acids is 1. The van der Waals surface area contributed by atoms with Crippen LogP contribution in [0.1, 0.15) is 48.3 Å². The van der Waals surface area contributed by atoms with Crippen LogP contribution in [0.2, 0.25) is 0 Å². The van der Waals surface area contributed by atoms with E-state index in [1.54, 1.807) is 0 Å². The molecule has 0 aromatic heterocycles. The van der Waals surface area contributed by atoms with E-state index in [0.717, 1.165) is 38.9 Å². The molecule has 31 heavy (non-hydrogen) atoms. The van der Waals surface area contributed by atoms with Crippen LogP contribution in [-0.2, 0) is 11.2 Å². The number of hydrogen-bond acceptors (Lipinski definition) is 4. The predicted octanol–water partition coefficient (Wildman–Crippen LogP) is 3.80. The molecule has 0 unspecified atom stereocenters. The Kier molecular flexibility index (Phi) is 6.70. The molecule has 5 heteroatoms. The van der Waals surface area contributed by atoms with E-state index < -0.39 is 5.97 Å². The lowest BCUT2D eigenvalue weighted by Gasteiger charge is -2.42. The van der Waals surface area contributed by atoms with Crippen LogP contribution in [0.3, 0.4) is 0 Å². The molecular formula is C26H31N3O2. The van der Waals surface area contributed by atoms with Crippen molar-refractivity contribution in [2.24, 2.45) is 5.41 Å². The van der Waals surface area contributed by atoms with E-state index in [-0.39, 0.29) is 11.8 Å². The molecule has 2 fully saturated rings. The van der Waals surface area contributed by atoms with Crippen molar-refractivity contribution in [1.29, 1.82) is 5.26 Å². The summed E-state index contributed by atoms with van der Waals surface area (Å²) in [4.78, 5) is 13.2. The number of likely N-dealkylation sites (tertiary alicyclic amines) is 1. The van der Waals surface area contributed by atoms with Gasteiger partial charge in [-0.05, 0) is 67.4 Å². The number of carbonyl (C=O) groups is 1. The minimum atomic E-state index is -0.725. The first-order chi connectivity index (χ1) is 15.1. The molecule has 1 saturated carbocycles. The number of nitrogens with one attached hydrogen (secondary N) is 1. The summed E-state index contributed by atoms with van der Waals surface area (Å²) >= 11 is 0. The molecule has 2 atom stereocenters. The number of rotatable bonds is 9. The summed E-state index contributed by atoms with van der Waals surface area (Å²) < 4.78 is 0. The van der Waals surface area contributed by atoms with Crippen LogP contribution in [0.5, 0.6) is 0 Å². The fourth-order valence-electron chi connectivity index (χ4n) is 4.89. The zero-order valence-electron chi connectivity index (χ0n) is 18.0. The highest BCUT2D eigenvalue weighted by Crippen LogP contribution is 2.42. The molecule has 2 aliphatic rings. The van der Waals surface area contributed by atoms with Crippen molar-refractivity contribution in [1.82, 2.24) is 10.2 Å². The lowest BCUT2D eigenvalue weighted by atomic mass is 9.73. The molecule has 1 saturated heterocycles. The van der Waals surface area contributed by atoms with Gasteiger partial charge in [0.15, 0.2) is 0 Å². The van der Waals surface area contributed by atoms with Crippen molar-refractivity contribution in [3.63, 3.8) is 0 Å². The Morgan fingerprint density at radius 2 is 1.84 bits per heavy atom. The maximum absolute atomic E-state index is 10.9. The number of benzene rings is 2. The summed E-state index contributed by atoms with van der Waals surface area (Å²) in [5, 5.41) is 21.9. The molecule has 0 amide bonds. The van der Waals surface area contributed by atoms with E-state index in [1.165, 1.54) is 17.5 Å². The first kappa shape index (κ1) is 21.5. The Morgan fingerprint density at radius 1 is 1.13 bits per heavy atom. The third kappa shape index (κ3) is 5.72. The number of carboxylic acid groups (broad SMARTS) is 1. The zero-order chi connectivity index (χ0) is 21.7. The van der Waals surface area contributed by atoms with E-state index in [0.29, 0.717) is 24.1 Å². The molecule has 2 N–H and O–H groups in total. The van der Waals surface area contributed by atoms with Crippen molar-refractivity contribution in [2.75, 3.05) is 26.2 Å². The molecular weight excluding hydrogens is 386 g/mol. The highest BCUT2D eigenvalue weighted by Gasteiger charge is 2.41. The monoisotopic (exact) mass is 417 g/mol. The van der Waals surface area contributed by atoms with E-state index in [2.05, 4.69) is 58.8 Å². The lowest BCUT2D eigenvalue weighted by Crippen LogP contribution is -2.47. The van der Waals surface area contributed by atoms with Crippen molar-refractivity contribution in [2.45, 2.75) is 44.1 Å². The largest absolute Gasteiger partial charge is 0.481 e. The first-order valence-electron chi connectivity index (χ1n) is 11.3. The summed E-state index contributed by atoms with van der Waals surface area (Å²) in [7, 11) is 0. The molecule has 2 aromatic rings. The fraction of sp³-hybridized carbons (Fsp3) is 0.462. The molecule has 0 bridgehead atoms. The van der Waals surface area contributed by atoms with Crippen LogP contribution < -0.4 is 5.32 Å². The predicted molar refractivity (Wildman–Crippen MR) is 121 cm³/mol. The van der Waals surface area contributed by atoms with Gasteiger partial charge in [0.25, 0.3) is 0 Å². The Labute approximate surface area is 184 Å². The fourth-order valence-corrected chi connectivity index (χ4v) is 4.89. The molecule has 0 spiro atoms. The summed E-state index contributed by atoms with van der Waals surface area (Å²) in [6.45, 7) is 3.50. The van der Waals surface area contributed by atoms with Gasteiger partial charge < -0.3 is 15.3 Å². The van der Waals surface area contributed by atoms with E-state index >= 15 is 0 Å². The van der Waals surface area contributed by atoms with Gasteiger partial charge >= 0.3 is 5.97 Å². The maximum Gasteiger partial charge on any atom is 0.304 e. The van der Waals surface area contributed by atoms with E-state index in [1.807, 2.05) is 12.1 Å². The van der Waals surface area contributed by atoms with Gasteiger partial charge in [-0.2, -0.15) is 5.26 Å². The molecule has 1 heterocycles. The van der Waals surface area contributed by atoms with Gasteiger partial charge in [0.2, 0.25) is 0 Å². The molecule has 5 nitrogen and oxygen atoms in total. The van der Waals surface area contributed by atoms with Crippen LogP contribution in [0.4, 0.5) is 0 Å². The number of nitriles is 1. The second kappa shape index (κ2) is 9.64. The topological polar surface area (TPSA) is 76.4 Å². The Morgan fingerprint density at radius 3 is 2.48 bits per heavy atom. The van der Waals surface area contributed by atoms with Gasteiger partial charge in [-0.15, -0.1) is 0 Å². The number of nitrogens with zero attached hydrogens (tertiary/aromatic N) is 2. The highest BCUT2D eigenvalue weighted by atomic mass is 16.4. The zero-order valence-corrected chi connectivity index (χ0v) is 18.0. The Hall–Kier alpha value is -2.68. The summed E-state index contributed by atoms with van der Waals surface area (Å²) in [5.41, 5.74) is 3.56. The van der Waals surface area contributed by atoms with Crippen LogP contribution >= 0.6 is 0 Å². The average Bonchev–Trinajstić information content (AvgIpc) is 3.58. The van der Waals surface area contributed by atoms with Gasteiger partial charge in [-0.25, -0.2) is 0 Å². The Bertz CT molecular complexity index is 912. The van der Waals surface area contributed by atoms with Gasteiger partial charge in [0.1, 0.15) is 0 Å². The average molecular weight is 418 g/mol. The van der Waals surface area contributed by atoms with Crippen molar-refractivity contribution in [3.05, 3.63) is 71.3 Å². The summed E-state index contributed by atoms with van der Waals surface area (Å²) in [5.74, 6) is -0.111. The third-order valence-electron chi connectivity index (χ3n) is 6.98. The third-order valence-corrected chi connectivity index (χ3v) is 6.98. The first-order valence-corrected chi connectivity index (χ1v) is 11.3. The molecule has 0 radical (unpaired) electrons. The quantitative estimate of drug-likeness (QED) is 0.649. The molecule has 2 aromatic carbocycles. The summed E-state index contributed by atoms with van der Waals surface area (Å²) in [6.07, 6.45) is 4.51. The normalized spacial score (nSPS) is 22.5. The molecule has 162 valence electrons. The van der Waals surface area contributed by atoms with Gasteiger partial charge in [-0.1, -0.05) is 42.5 Å². The minimum absolute atomic E-state index is 0.164. The maximum atomic E-state index is 10.9. The lowest BCUT2D eigenvalue weighted by molar-refractivity contribution is -0.137. The smallest absolute Gasteiger partial charge is 0.304 e. The second-order valence-electron chi connectivity index (χ2n) is 9.21. The molecule has 1 aliphatic carbocycles. The number of piperidine rings is 1. The number of aliphatic carboxylic acids is 1. The van der Waals surface area contributed by atoms with Crippen LogP contribution in [0.25, 0.3) is 0 Å². The van der Waals surface area contributed by atoms with Crippen LogP contribution in [-0.4, -0.2) is 48.2 Å². The highest BCUT2D eigenvalue weighted by molar-refractivity contribution is 5.66. The minimum Gasteiger partial charge on any atom is -0.481 e. The molecule has 1 aliphatic heterocycles. The van der Waals surface area contributed by atoms with Crippen molar-refractivity contribution in [3.8, 4) is 6.07 Å². The SMILES string of the molecule is N#Cc1ccc(CC2(CN[C@@H]3C[C@H]3c3ccccc3)CCN(CCC(=O)O)CC2)cc1. The molecule has 4 rings (SSSR count).